The van der Waals surface area contributed by atoms with Gasteiger partial charge in [0.05, 0.1) is 16.8 Å². The van der Waals surface area contributed by atoms with Crippen molar-refractivity contribution >= 4 is 12.7 Å². The van der Waals surface area contributed by atoms with Gasteiger partial charge in [-0.25, -0.2) is 4.98 Å². The predicted molar refractivity (Wildman–Crippen MR) is 67.8 cm³/mol. The van der Waals surface area contributed by atoms with Crippen LogP contribution in [0.3, 0.4) is 0 Å². The molecule has 0 spiro atoms. The molecule has 6 heteroatoms. The first-order valence-corrected chi connectivity index (χ1v) is 5.97. The fourth-order valence-electron chi connectivity index (χ4n) is 1.77. The van der Waals surface area contributed by atoms with E-state index in [-0.39, 0.29) is 6.54 Å². The van der Waals surface area contributed by atoms with Gasteiger partial charge < -0.3 is 15.0 Å². The van der Waals surface area contributed by atoms with Crippen LogP contribution in [0.5, 0.6) is 0 Å². The molecule has 1 aliphatic rings. The van der Waals surface area contributed by atoms with Crippen LogP contribution in [-0.4, -0.2) is 23.3 Å². The van der Waals surface area contributed by atoms with Gasteiger partial charge in [-0.2, -0.15) is 4.39 Å². The van der Waals surface area contributed by atoms with Gasteiger partial charge in [-0.1, -0.05) is 0 Å². The number of nitrogens with two attached hydrogens (primary N) is 1. The molecular weight excluding hydrogens is 234 g/mol. The highest BCUT2D eigenvalue weighted by atomic mass is 19.1. The van der Waals surface area contributed by atoms with E-state index in [0.29, 0.717) is 11.2 Å². The largest absolute Gasteiger partial charge is 0.514 e. The third-order valence-corrected chi connectivity index (χ3v) is 3.60. The van der Waals surface area contributed by atoms with E-state index in [4.69, 9.17) is 15.0 Å². The lowest BCUT2D eigenvalue weighted by Crippen LogP contribution is -2.41. The molecule has 0 amide bonds. The Morgan fingerprint density at radius 2 is 1.78 bits per heavy atom. The summed E-state index contributed by atoms with van der Waals surface area (Å²) in [6, 6.07) is 3.03. The van der Waals surface area contributed by atoms with Gasteiger partial charge in [0.1, 0.15) is 0 Å². The predicted octanol–water partition coefficient (Wildman–Crippen LogP) is 0.979. The fourth-order valence-corrected chi connectivity index (χ4v) is 1.77. The van der Waals surface area contributed by atoms with Gasteiger partial charge in [0.25, 0.3) is 0 Å². The van der Waals surface area contributed by atoms with E-state index in [0.717, 1.165) is 0 Å². The molecule has 1 aromatic heterocycles. The summed E-state index contributed by atoms with van der Waals surface area (Å²) in [5.41, 5.74) is 5.69. The summed E-state index contributed by atoms with van der Waals surface area (Å²) in [4.78, 5) is 3.82. The minimum Gasteiger partial charge on any atom is -0.398 e. The molecule has 98 valence electrons. The smallest absolute Gasteiger partial charge is 0.398 e. The van der Waals surface area contributed by atoms with Crippen LogP contribution in [0.15, 0.2) is 12.1 Å². The minimum absolute atomic E-state index is 0.256. The molecule has 2 heterocycles. The van der Waals surface area contributed by atoms with Gasteiger partial charge >= 0.3 is 7.12 Å². The maximum atomic E-state index is 13.4. The van der Waals surface area contributed by atoms with Crippen molar-refractivity contribution < 1.29 is 13.7 Å². The molecule has 1 fully saturated rings. The van der Waals surface area contributed by atoms with Gasteiger partial charge in [0.15, 0.2) is 0 Å². The second-order valence-corrected chi connectivity index (χ2v) is 5.52. The lowest BCUT2D eigenvalue weighted by Gasteiger charge is -2.32. The number of nitrogens with zero attached hydrogens (tertiary/aromatic N) is 1. The average molecular weight is 252 g/mol. The molecule has 0 bridgehead atoms. The number of pyridine rings is 1. The van der Waals surface area contributed by atoms with E-state index in [2.05, 4.69) is 4.98 Å². The Bertz CT molecular complexity index is 449. The molecule has 0 radical (unpaired) electrons. The Hall–Kier alpha value is -0.975. The Morgan fingerprint density at radius 3 is 2.28 bits per heavy atom. The summed E-state index contributed by atoms with van der Waals surface area (Å²) in [6.45, 7) is 8.02. The average Bonchev–Trinajstić information content (AvgIpc) is 2.47. The maximum absolute atomic E-state index is 13.4. The van der Waals surface area contributed by atoms with Crippen LogP contribution in [0.4, 0.5) is 4.39 Å². The zero-order chi connectivity index (χ0) is 13.6. The number of hydrogen-bond acceptors (Lipinski definition) is 4. The standard InChI is InChI=1S/C12H18BFN2O2/c1-11(2)12(3,4)18-13(17-11)9-5-8(7-15)6-10(14)16-9/h5-6H,7,15H2,1-4H3. The number of rotatable bonds is 2. The second-order valence-electron chi connectivity index (χ2n) is 5.52. The van der Waals surface area contributed by atoms with Crippen molar-refractivity contribution in [3.63, 3.8) is 0 Å². The number of hydrogen-bond donors (Lipinski definition) is 1. The van der Waals surface area contributed by atoms with Gasteiger partial charge in [-0.05, 0) is 45.4 Å². The van der Waals surface area contributed by atoms with E-state index < -0.39 is 24.3 Å². The van der Waals surface area contributed by atoms with Crippen LogP contribution >= 0.6 is 0 Å². The van der Waals surface area contributed by atoms with E-state index >= 15 is 0 Å². The molecule has 0 saturated carbocycles. The Labute approximate surface area is 107 Å². The second kappa shape index (κ2) is 4.29. The van der Waals surface area contributed by atoms with E-state index in [1.807, 2.05) is 27.7 Å². The summed E-state index contributed by atoms with van der Waals surface area (Å²) in [6.07, 6.45) is 0. The zero-order valence-electron chi connectivity index (χ0n) is 11.2. The minimum atomic E-state index is -0.656. The van der Waals surface area contributed by atoms with Gasteiger partial charge in [-0.3, -0.25) is 0 Å². The third-order valence-electron chi connectivity index (χ3n) is 3.60. The molecule has 0 atom stereocenters. The Kier molecular flexibility index (Phi) is 3.21. The molecular formula is C12H18BFN2O2. The summed E-state index contributed by atoms with van der Waals surface area (Å²) in [5.74, 6) is -0.567. The normalized spacial score (nSPS) is 21.3. The maximum Gasteiger partial charge on any atom is 0.514 e. The lowest BCUT2D eigenvalue weighted by atomic mass is 9.83. The first kappa shape index (κ1) is 13.5. The topological polar surface area (TPSA) is 57.4 Å². The van der Waals surface area contributed by atoms with Crippen LogP contribution < -0.4 is 11.3 Å². The molecule has 4 nitrogen and oxygen atoms in total. The van der Waals surface area contributed by atoms with Crippen LogP contribution in [0.25, 0.3) is 0 Å². The molecule has 0 aromatic carbocycles. The van der Waals surface area contributed by atoms with Crippen molar-refractivity contribution in [2.75, 3.05) is 0 Å². The summed E-state index contributed by atoms with van der Waals surface area (Å²) in [7, 11) is -0.656. The quantitative estimate of drug-likeness (QED) is 0.629. The molecule has 1 aromatic rings. The van der Waals surface area contributed by atoms with Crippen molar-refractivity contribution in [1.29, 1.82) is 0 Å². The van der Waals surface area contributed by atoms with Crippen molar-refractivity contribution in [3.05, 3.63) is 23.6 Å². The van der Waals surface area contributed by atoms with Crippen LogP contribution in [-0.2, 0) is 15.9 Å². The molecule has 18 heavy (non-hydrogen) atoms. The van der Waals surface area contributed by atoms with Crippen molar-refractivity contribution in [1.82, 2.24) is 4.98 Å². The number of halogens is 1. The monoisotopic (exact) mass is 252 g/mol. The van der Waals surface area contributed by atoms with Crippen molar-refractivity contribution in [2.45, 2.75) is 45.4 Å². The summed E-state index contributed by atoms with van der Waals surface area (Å²) >= 11 is 0. The Morgan fingerprint density at radius 1 is 1.22 bits per heavy atom. The van der Waals surface area contributed by atoms with Crippen LogP contribution in [0.2, 0.25) is 0 Å². The highest BCUT2D eigenvalue weighted by Crippen LogP contribution is 2.36. The van der Waals surface area contributed by atoms with E-state index in [9.17, 15) is 4.39 Å². The first-order valence-electron chi connectivity index (χ1n) is 5.97. The fraction of sp³-hybridized carbons (Fsp3) is 0.583. The third kappa shape index (κ3) is 2.28. The van der Waals surface area contributed by atoms with Gasteiger partial charge in [0.2, 0.25) is 5.95 Å². The molecule has 1 aliphatic heterocycles. The number of aromatic nitrogens is 1. The molecule has 2 N–H and O–H groups in total. The SMILES string of the molecule is CC1(C)OB(c2cc(CN)cc(F)n2)OC1(C)C. The van der Waals surface area contributed by atoms with E-state index in [1.54, 1.807) is 6.07 Å². The first-order chi connectivity index (χ1) is 8.25. The highest BCUT2D eigenvalue weighted by molar-refractivity contribution is 6.61. The van der Waals surface area contributed by atoms with E-state index in [1.165, 1.54) is 6.07 Å². The zero-order valence-corrected chi connectivity index (χ0v) is 11.2. The van der Waals surface area contributed by atoms with Crippen molar-refractivity contribution in [3.8, 4) is 0 Å². The van der Waals surface area contributed by atoms with Crippen LogP contribution in [0.1, 0.15) is 33.3 Å². The molecule has 0 aliphatic carbocycles. The lowest BCUT2D eigenvalue weighted by molar-refractivity contribution is 0.00578. The molecule has 1 saturated heterocycles. The molecule has 0 unspecified atom stereocenters. The summed E-state index contributed by atoms with van der Waals surface area (Å²) in [5, 5.41) is 0. The molecule has 2 rings (SSSR count). The highest BCUT2D eigenvalue weighted by Gasteiger charge is 2.52. The Balaban J connectivity index is 2.32. The van der Waals surface area contributed by atoms with Gasteiger partial charge in [0, 0.05) is 6.54 Å². The van der Waals surface area contributed by atoms with Gasteiger partial charge in [-0.15, -0.1) is 0 Å². The summed E-state index contributed by atoms with van der Waals surface area (Å²) < 4.78 is 25.0. The van der Waals surface area contributed by atoms with Crippen LogP contribution in [0, 0.1) is 5.95 Å². The van der Waals surface area contributed by atoms with Crippen molar-refractivity contribution in [2.24, 2.45) is 5.73 Å².